The van der Waals surface area contributed by atoms with Gasteiger partial charge in [-0.25, -0.2) is 19.3 Å². The van der Waals surface area contributed by atoms with Gasteiger partial charge in [-0.2, -0.15) is 10.4 Å². The normalized spacial score (nSPS) is 11.0. The van der Waals surface area contributed by atoms with Crippen molar-refractivity contribution in [3.63, 3.8) is 0 Å². The number of nitrogens with zero attached hydrogens (tertiary/aromatic N) is 6. The number of hydrogen-bond donors (Lipinski definition) is 2. The van der Waals surface area contributed by atoms with E-state index in [0.717, 1.165) is 0 Å². The Labute approximate surface area is 152 Å². The number of likely N-dealkylation sites (N-methyl/N-ethyl adjacent to an activating group) is 1. The minimum Gasteiger partial charge on any atom is -0.355 e. The molecule has 0 aliphatic carbocycles. The minimum absolute atomic E-state index is 0.142. The number of carbonyl (C=O) groups excluding carboxylic acids is 1. The molecule has 4 aromatic rings. The SMILES string of the molecule is CCNC(=O)Cn1c(=O)[nH]c2cnc(-c3cnn4ccc(C#N)cc34)nc21. The molecule has 4 rings (SSSR count). The van der Waals surface area contributed by atoms with E-state index in [1.165, 1.54) is 10.8 Å². The van der Waals surface area contributed by atoms with Crippen LogP contribution in [0.4, 0.5) is 0 Å². The lowest BCUT2D eigenvalue weighted by Crippen LogP contribution is -2.31. The smallest absolute Gasteiger partial charge is 0.328 e. The number of pyridine rings is 1. The molecule has 0 spiro atoms. The molecule has 10 nitrogen and oxygen atoms in total. The second-order valence-electron chi connectivity index (χ2n) is 5.82. The first-order valence-corrected chi connectivity index (χ1v) is 8.21. The third kappa shape index (κ3) is 2.81. The van der Waals surface area contributed by atoms with Crippen LogP contribution in [0.25, 0.3) is 28.1 Å². The predicted octanol–water partition coefficient (Wildman–Crippen LogP) is 0.442. The van der Waals surface area contributed by atoms with Crippen molar-refractivity contribution in [2.45, 2.75) is 13.5 Å². The fourth-order valence-corrected chi connectivity index (χ4v) is 2.84. The van der Waals surface area contributed by atoms with E-state index in [2.05, 4.69) is 31.4 Å². The fourth-order valence-electron chi connectivity index (χ4n) is 2.84. The van der Waals surface area contributed by atoms with Gasteiger partial charge in [0.05, 0.1) is 35.1 Å². The molecule has 0 aromatic carbocycles. The summed E-state index contributed by atoms with van der Waals surface area (Å²) < 4.78 is 2.88. The number of nitriles is 1. The molecule has 0 saturated carbocycles. The average molecular weight is 362 g/mol. The van der Waals surface area contributed by atoms with Gasteiger partial charge in [-0.3, -0.25) is 9.36 Å². The Morgan fingerprint density at radius 1 is 1.41 bits per heavy atom. The van der Waals surface area contributed by atoms with Gasteiger partial charge in [0.15, 0.2) is 11.5 Å². The highest BCUT2D eigenvalue weighted by atomic mass is 16.2. The van der Waals surface area contributed by atoms with Crippen LogP contribution < -0.4 is 11.0 Å². The summed E-state index contributed by atoms with van der Waals surface area (Å²) in [5.41, 5.74) is 2.09. The second kappa shape index (κ2) is 6.38. The molecule has 0 unspecified atom stereocenters. The van der Waals surface area contributed by atoms with Crippen molar-refractivity contribution in [2.75, 3.05) is 6.54 Å². The van der Waals surface area contributed by atoms with Gasteiger partial charge in [-0.1, -0.05) is 0 Å². The highest BCUT2D eigenvalue weighted by molar-refractivity contribution is 5.81. The van der Waals surface area contributed by atoms with E-state index in [4.69, 9.17) is 5.26 Å². The molecule has 0 aliphatic rings. The van der Waals surface area contributed by atoms with E-state index >= 15 is 0 Å². The molecule has 4 heterocycles. The molecule has 0 radical (unpaired) electrons. The van der Waals surface area contributed by atoms with Gasteiger partial charge < -0.3 is 10.3 Å². The number of fused-ring (bicyclic) bond motifs is 2. The Kier molecular flexibility index (Phi) is 3.89. The molecular formula is C17H14N8O2. The number of nitrogens with one attached hydrogen (secondary N) is 2. The monoisotopic (exact) mass is 362 g/mol. The van der Waals surface area contributed by atoms with Crippen LogP contribution >= 0.6 is 0 Å². The largest absolute Gasteiger partial charge is 0.355 e. The van der Waals surface area contributed by atoms with E-state index in [1.54, 1.807) is 36.0 Å². The van der Waals surface area contributed by atoms with Crippen molar-refractivity contribution in [2.24, 2.45) is 0 Å². The quantitative estimate of drug-likeness (QED) is 0.541. The van der Waals surface area contributed by atoms with Crippen LogP contribution in [-0.4, -0.2) is 41.6 Å². The van der Waals surface area contributed by atoms with E-state index in [-0.39, 0.29) is 12.5 Å². The molecule has 0 atom stereocenters. The molecule has 4 aromatic heterocycles. The zero-order valence-electron chi connectivity index (χ0n) is 14.3. The molecule has 2 N–H and O–H groups in total. The van der Waals surface area contributed by atoms with Crippen molar-refractivity contribution in [3.8, 4) is 17.5 Å². The maximum Gasteiger partial charge on any atom is 0.328 e. The predicted molar refractivity (Wildman–Crippen MR) is 95.7 cm³/mol. The number of rotatable bonds is 4. The van der Waals surface area contributed by atoms with Gasteiger partial charge in [0.25, 0.3) is 0 Å². The van der Waals surface area contributed by atoms with Crippen molar-refractivity contribution < 1.29 is 4.79 Å². The fraction of sp³-hybridized carbons (Fsp3) is 0.176. The van der Waals surface area contributed by atoms with Crippen molar-refractivity contribution in [1.29, 1.82) is 5.26 Å². The average Bonchev–Trinajstić information content (AvgIpc) is 3.22. The summed E-state index contributed by atoms with van der Waals surface area (Å²) in [5.74, 6) is 0.0616. The van der Waals surface area contributed by atoms with E-state index in [9.17, 15) is 9.59 Å². The van der Waals surface area contributed by atoms with Crippen LogP contribution in [0.3, 0.4) is 0 Å². The number of aromatic nitrogens is 6. The van der Waals surface area contributed by atoms with Gasteiger partial charge in [0.2, 0.25) is 5.91 Å². The zero-order chi connectivity index (χ0) is 19.0. The molecule has 0 bridgehead atoms. The van der Waals surface area contributed by atoms with Crippen LogP contribution in [0.5, 0.6) is 0 Å². The summed E-state index contributed by atoms with van der Waals surface area (Å²) in [6.07, 6.45) is 4.76. The van der Waals surface area contributed by atoms with Crippen LogP contribution in [0.1, 0.15) is 12.5 Å². The van der Waals surface area contributed by atoms with E-state index < -0.39 is 5.69 Å². The minimum atomic E-state index is -0.436. The lowest BCUT2D eigenvalue weighted by atomic mass is 10.2. The number of H-pyrrole nitrogens is 1. The van der Waals surface area contributed by atoms with Crippen LogP contribution in [0.15, 0.2) is 35.5 Å². The molecule has 0 saturated heterocycles. The molecule has 0 fully saturated rings. The first-order chi connectivity index (χ1) is 13.1. The Hall–Kier alpha value is -4.00. The number of aromatic amines is 1. The third-order valence-corrected chi connectivity index (χ3v) is 4.08. The van der Waals surface area contributed by atoms with E-state index in [1.807, 2.05) is 0 Å². The highest BCUT2D eigenvalue weighted by Crippen LogP contribution is 2.23. The van der Waals surface area contributed by atoms with Gasteiger partial charge in [0, 0.05) is 12.7 Å². The molecule has 134 valence electrons. The molecule has 27 heavy (non-hydrogen) atoms. The van der Waals surface area contributed by atoms with Crippen LogP contribution in [0.2, 0.25) is 0 Å². The van der Waals surface area contributed by atoms with Crippen LogP contribution in [-0.2, 0) is 11.3 Å². The lowest BCUT2D eigenvalue weighted by molar-refractivity contribution is -0.121. The standard InChI is InChI=1S/C17H14N8O2/c1-2-19-14(26)9-24-16-12(22-17(24)27)8-20-15(23-16)11-7-21-25-4-3-10(6-18)5-13(11)25/h3-5,7-8H,2,9H2,1H3,(H,19,26)(H,22,27). The van der Waals surface area contributed by atoms with E-state index in [0.29, 0.717) is 40.2 Å². The van der Waals surface area contributed by atoms with Gasteiger partial charge in [0.1, 0.15) is 12.1 Å². The Morgan fingerprint density at radius 2 is 2.26 bits per heavy atom. The molecule has 1 amide bonds. The first-order valence-electron chi connectivity index (χ1n) is 8.21. The summed E-state index contributed by atoms with van der Waals surface area (Å²) in [6, 6.07) is 5.43. The molecule has 0 aliphatic heterocycles. The third-order valence-electron chi connectivity index (χ3n) is 4.08. The summed E-state index contributed by atoms with van der Waals surface area (Å²) in [4.78, 5) is 35.5. The Balaban J connectivity index is 1.85. The van der Waals surface area contributed by atoms with Crippen LogP contribution in [0, 0.1) is 11.3 Å². The summed E-state index contributed by atoms with van der Waals surface area (Å²) in [6.45, 7) is 2.13. The van der Waals surface area contributed by atoms with Crippen molar-refractivity contribution in [1.82, 2.24) is 34.4 Å². The maximum atomic E-state index is 12.2. The topological polar surface area (TPSA) is 134 Å². The maximum absolute atomic E-state index is 12.2. The molecule has 10 heteroatoms. The number of carbonyl (C=O) groups is 1. The summed E-state index contributed by atoms with van der Waals surface area (Å²) in [7, 11) is 0. The summed E-state index contributed by atoms with van der Waals surface area (Å²) in [5, 5.41) is 16.0. The first kappa shape index (κ1) is 16.5. The second-order valence-corrected chi connectivity index (χ2v) is 5.82. The summed E-state index contributed by atoms with van der Waals surface area (Å²) >= 11 is 0. The van der Waals surface area contributed by atoms with Gasteiger partial charge in [-0.05, 0) is 19.1 Å². The number of hydrogen-bond acceptors (Lipinski definition) is 6. The van der Waals surface area contributed by atoms with Gasteiger partial charge >= 0.3 is 5.69 Å². The van der Waals surface area contributed by atoms with Gasteiger partial charge in [-0.15, -0.1) is 0 Å². The van der Waals surface area contributed by atoms with Crippen molar-refractivity contribution >= 4 is 22.6 Å². The number of imidazole rings is 1. The molecular weight excluding hydrogens is 348 g/mol. The highest BCUT2D eigenvalue weighted by Gasteiger charge is 2.16. The zero-order valence-corrected chi connectivity index (χ0v) is 14.3. The van der Waals surface area contributed by atoms with Crippen molar-refractivity contribution in [3.05, 3.63) is 46.8 Å². The lowest BCUT2D eigenvalue weighted by Gasteiger charge is -2.04. The Morgan fingerprint density at radius 3 is 3.04 bits per heavy atom. The Bertz CT molecular complexity index is 1270. The number of amides is 1.